The largest absolute Gasteiger partial charge is 0.493 e. The zero-order chi connectivity index (χ0) is 10.8. The van der Waals surface area contributed by atoms with Gasteiger partial charge in [0, 0.05) is 11.5 Å². The number of aryl methyl sites for hydroxylation is 1. The maximum atomic E-state index is 11.2. The summed E-state index contributed by atoms with van der Waals surface area (Å²) in [5.41, 5.74) is 2.29. The Morgan fingerprint density at radius 2 is 2.31 bits per heavy atom. The maximum absolute atomic E-state index is 11.2. The van der Waals surface area contributed by atoms with E-state index in [2.05, 4.69) is 4.74 Å². The van der Waals surface area contributed by atoms with Gasteiger partial charge in [0.25, 0.3) is 0 Å². The molecular formula is C12H16O3S. The van der Waals surface area contributed by atoms with Gasteiger partial charge in [0.2, 0.25) is 0 Å². The lowest BCUT2D eigenvalue weighted by molar-refractivity contribution is -0.141. The first kappa shape index (κ1) is 12.9. The van der Waals surface area contributed by atoms with Crippen LogP contribution < -0.4 is 4.74 Å². The van der Waals surface area contributed by atoms with Crippen LogP contribution in [0.4, 0.5) is 0 Å². The van der Waals surface area contributed by atoms with Crippen molar-refractivity contribution >= 4 is 19.5 Å². The molecule has 1 atom stereocenters. The second-order valence-corrected chi connectivity index (χ2v) is 3.83. The van der Waals surface area contributed by atoms with Crippen molar-refractivity contribution in [2.45, 2.75) is 19.3 Å². The van der Waals surface area contributed by atoms with Gasteiger partial charge in [0.15, 0.2) is 0 Å². The fourth-order valence-corrected chi connectivity index (χ4v) is 1.84. The summed E-state index contributed by atoms with van der Waals surface area (Å²) in [4.78, 5) is 11.2. The summed E-state index contributed by atoms with van der Waals surface area (Å²) >= 11 is 0. The first-order chi connectivity index (χ1) is 7.20. The number of hydrogen-bond donors (Lipinski definition) is 0. The smallest absolute Gasteiger partial charge is 0.306 e. The minimum absolute atomic E-state index is 0. The fourth-order valence-electron chi connectivity index (χ4n) is 1.84. The van der Waals surface area contributed by atoms with Gasteiger partial charge in [-0.2, -0.15) is 13.5 Å². The highest BCUT2D eigenvalue weighted by Crippen LogP contribution is 2.36. The average Bonchev–Trinajstić information content (AvgIpc) is 2.60. The molecule has 0 saturated heterocycles. The van der Waals surface area contributed by atoms with Crippen LogP contribution in [0.3, 0.4) is 0 Å². The molecule has 0 N–H and O–H groups in total. The van der Waals surface area contributed by atoms with Crippen molar-refractivity contribution < 1.29 is 14.3 Å². The number of carbonyl (C=O) groups excluding carboxylic acids is 1. The molecule has 3 nitrogen and oxygen atoms in total. The van der Waals surface area contributed by atoms with Crippen LogP contribution in [-0.4, -0.2) is 19.7 Å². The Bertz CT molecular complexity index is 390. The van der Waals surface area contributed by atoms with Crippen molar-refractivity contribution in [1.29, 1.82) is 0 Å². The molecule has 0 bridgehead atoms. The van der Waals surface area contributed by atoms with Crippen molar-refractivity contribution in [3.63, 3.8) is 0 Å². The zero-order valence-corrected chi connectivity index (χ0v) is 10.4. The Morgan fingerprint density at radius 1 is 1.56 bits per heavy atom. The van der Waals surface area contributed by atoms with E-state index in [1.165, 1.54) is 12.7 Å². The van der Waals surface area contributed by atoms with Crippen molar-refractivity contribution in [1.82, 2.24) is 0 Å². The molecule has 0 saturated carbocycles. The SMILES string of the molecule is COC(=O)C[C@@H]1COc2cc(C)ccc21.S. The van der Waals surface area contributed by atoms with Crippen LogP contribution in [0, 0.1) is 6.92 Å². The molecule has 0 aromatic heterocycles. The van der Waals surface area contributed by atoms with Gasteiger partial charge in [0.05, 0.1) is 20.1 Å². The Balaban J connectivity index is 0.00000128. The van der Waals surface area contributed by atoms with Crippen LogP contribution >= 0.6 is 13.5 Å². The normalized spacial score (nSPS) is 17.0. The van der Waals surface area contributed by atoms with Gasteiger partial charge in [-0.25, -0.2) is 0 Å². The van der Waals surface area contributed by atoms with Gasteiger partial charge < -0.3 is 9.47 Å². The quantitative estimate of drug-likeness (QED) is 0.743. The lowest BCUT2D eigenvalue weighted by atomic mass is 9.97. The van der Waals surface area contributed by atoms with Crippen molar-refractivity contribution in [3.8, 4) is 5.75 Å². The number of esters is 1. The molecule has 0 fully saturated rings. The summed E-state index contributed by atoms with van der Waals surface area (Å²) < 4.78 is 10.2. The summed E-state index contributed by atoms with van der Waals surface area (Å²) in [6, 6.07) is 6.08. The molecule has 0 radical (unpaired) electrons. The summed E-state index contributed by atoms with van der Waals surface area (Å²) in [7, 11) is 1.41. The maximum Gasteiger partial charge on any atom is 0.306 e. The minimum Gasteiger partial charge on any atom is -0.493 e. The molecule has 0 unspecified atom stereocenters. The van der Waals surface area contributed by atoms with Crippen LogP contribution in [0.25, 0.3) is 0 Å². The van der Waals surface area contributed by atoms with E-state index in [1.807, 2.05) is 25.1 Å². The highest BCUT2D eigenvalue weighted by molar-refractivity contribution is 7.59. The standard InChI is InChI=1S/C12H14O3.H2S/c1-8-3-4-10-9(6-12(13)14-2)7-15-11(10)5-8;/h3-5,9H,6-7H2,1-2H3;1H2/t9-;/m1./s1. The Hall–Kier alpha value is -1.16. The summed E-state index contributed by atoms with van der Waals surface area (Å²) in [5, 5.41) is 0. The van der Waals surface area contributed by atoms with E-state index in [-0.39, 0.29) is 25.4 Å². The van der Waals surface area contributed by atoms with Gasteiger partial charge in [-0.1, -0.05) is 12.1 Å². The molecule has 1 heterocycles. The molecule has 1 aromatic rings. The van der Waals surface area contributed by atoms with Gasteiger partial charge in [-0.3, -0.25) is 4.79 Å². The molecule has 16 heavy (non-hydrogen) atoms. The summed E-state index contributed by atoms with van der Waals surface area (Å²) in [6.45, 7) is 2.60. The van der Waals surface area contributed by atoms with Gasteiger partial charge >= 0.3 is 5.97 Å². The summed E-state index contributed by atoms with van der Waals surface area (Å²) in [5.74, 6) is 0.869. The number of rotatable bonds is 2. The van der Waals surface area contributed by atoms with E-state index in [9.17, 15) is 4.79 Å². The predicted molar refractivity (Wildman–Crippen MR) is 66.4 cm³/mol. The van der Waals surface area contributed by atoms with Crippen LogP contribution in [0.1, 0.15) is 23.5 Å². The second-order valence-electron chi connectivity index (χ2n) is 3.83. The number of ether oxygens (including phenoxy) is 2. The van der Waals surface area contributed by atoms with Gasteiger partial charge in [-0.15, -0.1) is 0 Å². The molecule has 0 amide bonds. The van der Waals surface area contributed by atoms with Crippen LogP contribution in [0.5, 0.6) is 5.75 Å². The van der Waals surface area contributed by atoms with E-state index in [0.29, 0.717) is 13.0 Å². The fraction of sp³-hybridized carbons (Fsp3) is 0.417. The topological polar surface area (TPSA) is 35.5 Å². The molecule has 1 aliphatic rings. The number of hydrogen-bond acceptors (Lipinski definition) is 3. The second kappa shape index (κ2) is 5.25. The molecular weight excluding hydrogens is 224 g/mol. The highest BCUT2D eigenvalue weighted by Gasteiger charge is 2.26. The van der Waals surface area contributed by atoms with Crippen LogP contribution in [0.2, 0.25) is 0 Å². The third-order valence-corrected chi connectivity index (χ3v) is 2.69. The van der Waals surface area contributed by atoms with Crippen molar-refractivity contribution in [2.75, 3.05) is 13.7 Å². The van der Waals surface area contributed by atoms with E-state index in [4.69, 9.17) is 4.74 Å². The third kappa shape index (κ3) is 2.50. The van der Waals surface area contributed by atoms with E-state index >= 15 is 0 Å². The first-order valence-corrected chi connectivity index (χ1v) is 5.01. The van der Waals surface area contributed by atoms with Crippen LogP contribution in [0.15, 0.2) is 18.2 Å². The lowest BCUT2D eigenvalue weighted by Gasteiger charge is -2.06. The highest BCUT2D eigenvalue weighted by atomic mass is 32.1. The number of carbonyl (C=O) groups is 1. The minimum atomic E-state index is -0.183. The third-order valence-electron chi connectivity index (χ3n) is 2.69. The predicted octanol–water partition coefficient (Wildman–Crippen LogP) is 2.15. The Morgan fingerprint density at radius 3 is 3.00 bits per heavy atom. The van der Waals surface area contributed by atoms with Crippen molar-refractivity contribution in [3.05, 3.63) is 29.3 Å². The monoisotopic (exact) mass is 240 g/mol. The molecule has 88 valence electrons. The molecule has 1 aromatic carbocycles. The summed E-state index contributed by atoms with van der Waals surface area (Å²) in [6.07, 6.45) is 0.395. The number of methoxy groups -OCH3 is 1. The average molecular weight is 240 g/mol. The number of benzene rings is 1. The van der Waals surface area contributed by atoms with Gasteiger partial charge in [-0.05, 0) is 18.6 Å². The lowest BCUT2D eigenvalue weighted by Crippen LogP contribution is -2.09. The number of fused-ring (bicyclic) bond motifs is 1. The Kier molecular flexibility index (Phi) is 4.24. The van der Waals surface area contributed by atoms with E-state index in [1.54, 1.807) is 0 Å². The molecule has 2 rings (SSSR count). The van der Waals surface area contributed by atoms with Crippen LogP contribution in [-0.2, 0) is 9.53 Å². The zero-order valence-electron chi connectivity index (χ0n) is 9.45. The first-order valence-electron chi connectivity index (χ1n) is 5.01. The van der Waals surface area contributed by atoms with Gasteiger partial charge in [0.1, 0.15) is 5.75 Å². The molecule has 1 aliphatic heterocycles. The molecule has 0 spiro atoms. The molecule has 4 heteroatoms. The molecule has 0 aliphatic carbocycles. The van der Waals surface area contributed by atoms with E-state index in [0.717, 1.165) is 11.3 Å². The van der Waals surface area contributed by atoms with Crippen molar-refractivity contribution in [2.24, 2.45) is 0 Å². The Labute approximate surface area is 102 Å². The van der Waals surface area contributed by atoms with E-state index < -0.39 is 0 Å².